The smallest absolute Gasteiger partial charge is 0.00625 e. The predicted molar refractivity (Wildman–Crippen MR) is 85.4 cm³/mol. The maximum atomic E-state index is 4.60. The minimum absolute atomic E-state index is 0.562. The normalized spacial score (nSPS) is 24.3. The quantitative estimate of drug-likeness (QED) is 0.371. The van der Waals surface area contributed by atoms with Crippen LogP contribution in [0.15, 0.2) is 12.2 Å². The van der Waals surface area contributed by atoms with Gasteiger partial charge in [-0.25, -0.2) is 0 Å². The summed E-state index contributed by atoms with van der Waals surface area (Å²) in [7, 11) is 0. The van der Waals surface area contributed by atoms with Crippen molar-refractivity contribution in [3.63, 3.8) is 0 Å². The van der Waals surface area contributed by atoms with Crippen LogP contribution in [0.5, 0.6) is 0 Å². The lowest BCUT2D eigenvalue weighted by Gasteiger charge is -2.47. The Morgan fingerprint density at radius 3 is 2.21 bits per heavy atom. The summed E-state index contributed by atoms with van der Waals surface area (Å²) in [5.41, 5.74) is 2.21. The number of unbranched alkanes of at least 4 members (excludes halogenated alkanes) is 2. The summed E-state index contributed by atoms with van der Waals surface area (Å²) in [5.74, 6) is 0.982. The molecule has 2 aliphatic carbocycles. The second kappa shape index (κ2) is 7.50. The van der Waals surface area contributed by atoms with E-state index in [1.54, 1.807) is 5.57 Å². The van der Waals surface area contributed by atoms with Crippen LogP contribution in [-0.2, 0) is 0 Å². The molecule has 0 unspecified atom stereocenters. The molecule has 0 nitrogen and oxygen atoms in total. The highest BCUT2D eigenvalue weighted by atomic mass is 14.5. The molecule has 0 atom stereocenters. The fourth-order valence-corrected chi connectivity index (χ4v) is 4.73. The Morgan fingerprint density at radius 2 is 1.58 bits per heavy atom. The van der Waals surface area contributed by atoms with E-state index in [1.807, 2.05) is 0 Å². The van der Waals surface area contributed by atoms with Crippen LogP contribution in [-0.4, -0.2) is 0 Å². The van der Waals surface area contributed by atoms with Crippen LogP contribution in [0.4, 0.5) is 0 Å². The highest BCUT2D eigenvalue weighted by Gasteiger charge is 2.41. The van der Waals surface area contributed by atoms with Gasteiger partial charge in [0.25, 0.3) is 0 Å². The Labute approximate surface area is 121 Å². The van der Waals surface area contributed by atoms with E-state index in [9.17, 15) is 0 Å². The zero-order chi connectivity index (χ0) is 13.6. The lowest BCUT2D eigenvalue weighted by molar-refractivity contribution is 0.102. The van der Waals surface area contributed by atoms with Crippen LogP contribution < -0.4 is 0 Å². The van der Waals surface area contributed by atoms with Gasteiger partial charge in [-0.3, -0.25) is 0 Å². The maximum absolute atomic E-state index is 4.60. The summed E-state index contributed by atoms with van der Waals surface area (Å²) in [6.45, 7) is 6.90. The predicted octanol–water partition coefficient (Wildman–Crippen LogP) is 6.65. The minimum Gasteiger partial charge on any atom is -0.0993 e. The molecule has 0 aromatic heterocycles. The molecule has 0 N–H and O–H groups in total. The highest BCUT2D eigenvalue weighted by molar-refractivity contribution is 5.14. The molecule has 2 saturated carbocycles. The molecule has 2 rings (SSSR count). The van der Waals surface area contributed by atoms with Crippen LogP contribution in [0.3, 0.4) is 0 Å². The molecule has 19 heavy (non-hydrogen) atoms. The number of allylic oxidation sites excluding steroid dienone is 1. The first-order chi connectivity index (χ1) is 9.29. The Morgan fingerprint density at radius 1 is 0.947 bits per heavy atom. The third kappa shape index (κ3) is 3.64. The zero-order valence-corrected chi connectivity index (χ0v) is 13.2. The van der Waals surface area contributed by atoms with E-state index in [4.69, 9.17) is 0 Å². The van der Waals surface area contributed by atoms with Crippen molar-refractivity contribution in [2.75, 3.05) is 0 Å². The van der Waals surface area contributed by atoms with Gasteiger partial charge in [0.05, 0.1) is 0 Å². The number of hydrogen-bond acceptors (Lipinski definition) is 0. The van der Waals surface area contributed by atoms with Crippen molar-refractivity contribution in [3.05, 3.63) is 12.2 Å². The topological polar surface area (TPSA) is 0 Å². The first-order valence-electron chi connectivity index (χ1n) is 8.98. The first kappa shape index (κ1) is 15.1. The van der Waals surface area contributed by atoms with Gasteiger partial charge in [0.2, 0.25) is 0 Å². The molecule has 0 saturated heterocycles. The van der Waals surface area contributed by atoms with E-state index >= 15 is 0 Å². The lowest BCUT2D eigenvalue weighted by atomic mass is 9.58. The Balaban J connectivity index is 2.02. The van der Waals surface area contributed by atoms with Crippen LogP contribution in [0.25, 0.3) is 0 Å². The van der Waals surface area contributed by atoms with Gasteiger partial charge in [0.1, 0.15) is 0 Å². The summed E-state index contributed by atoms with van der Waals surface area (Å²) < 4.78 is 0. The summed E-state index contributed by atoms with van der Waals surface area (Å²) in [5, 5.41) is 0. The van der Waals surface area contributed by atoms with Gasteiger partial charge in [-0.1, -0.05) is 70.4 Å². The van der Waals surface area contributed by atoms with Gasteiger partial charge in [-0.05, 0) is 49.9 Å². The molecular weight excluding hydrogens is 228 g/mol. The third-order valence-corrected chi connectivity index (χ3v) is 5.92. The molecule has 0 bridgehead atoms. The summed E-state index contributed by atoms with van der Waals surface area (Å²) in [4.78, 5) is 0. The van der Waals surface area contributed by atoms with E-state index in [2.05, 4.69) is 13.5 Å². The Kier molecular flexibility index (Phi) is 5.98. The molecule has 0 aromatic carbocycles. The van der Waals surface area contributed by atoms with Gasteiger partial charge in [-0.2, -0.15) is 0 Å². The fraction of sp³-hybridized carbons (Fsp3) is 0.895. The SMILES string of the molecule is C=C(CCCCC)C1(C2CCCCC2)CCCCC1. The molecule has 0 aromatic rings. The van der Waals surface area contributed by atoms with Crippen molar-refractivity contribution < 1.29 is 0 Å². The molecule has 0 amide bonds. The average Bonchev–Trinajstić information content (AvgIpc) is 2.49. The van der Waals surface area contributed by atoms with Gasteiger partial charge < -0.3 is 0 Å². The third-order valence-electron chi connectivity index (χ3n) is 5.92. The monoisotopic (exact) mass is 262 g/mol. The largest absolute Gasteiger partial charge is 0.0993 e. The molecule has 0 heteroatoms. The molecule has 0 spiro atoms. The molecule has 110 valence electrons. The summed E-state index contributed by atoms with van der Waals surface area (Å²) in [6.07, 6.45) is 20.2. The van der Waals surface area contributed by atoms with Crippen LogP contribution >= 0.6 is 0 Å². The Bertz CT molecular complexity index is 264. The molecular formula is C19H34. The zero-order valence-electron chi connectivity index (χ0n) is 13.2. The van der Waals surface area contributed by atoms with E-state index in [1.165, 1.54) is 89.9 Å². The van der Waals surface area contributed by atoms with Gasteiger partial charge in [-0.15, -0.1) is 0 Å². The molecule has 0 radical (unpaired) electrons. The second-order valence-corrected chi connectivity index (χ2v) is 7.11. The number of hydrogen-bond donors (Lipinski definition) is 0. The highest BCUT2D eigenvalue weighted by Crippen LogP contribution is 2.53. The number of rotatable bonds is 6. The van der Waals surface area contributed by atoms with Gasteiger partial charge in [0, 0.05) is 0 Å². The first-order valence-corrected chi connectivity index (χ1v) is 8.98. The minimum atomic E-state index is 0.562. The fourth-order valence-electron chi connectivity index (χ4n) is 4.73. The van der Waals surface area contributed by atoms with E-state index in [-0.39, 0.29) is 0 Å². The summed E-state index contributed by atoms with van der Waals surface area (Å²) in [6, 6.07) is 0. The van der Waals surface area contributed by atoms with E-state index in [0.717, 1.165) is 5.92 Å². The van der Waals surface area contributed by atoms with E-state index < -0.39 is 0 Å². The molecule has 0 heterocycles. The van der Waals surface area contributed by atoms with Crippen molar-refractivity contribution in [2.45, 2.75) is 96.8 Å². The lowest BCUT2D eigenvalue weighted by Crippen LogP contribution is -2.36. The summed E-state index contributed by atoms with van der Waals surface area (Å²) >= 11 is 0. The van der Waals surface area contributed by atoms with Crippen LogP contribution in [0, 0.1) is 11.3 Å². The molecule has 0 aliphatic heterocycles. The molecule has 2 aliphatic rings. The van der Waals surface area contributed by atoms with Crippen molar-refractivity contribution in [3.8, 4) is 0 Å². The van der Waals surface area contributed by atoms with Crippen molar-refractivity contribution in [1.82, 2.24) is 0 Å². The standard InChI is InChI=1S/C19H34/c1-3-4-7-12-17(2)19(15-10-6-11-16-19)18-13-8-5-9-14-18/h18H,2-16H2,1H3. The second-order valence-electron chi connectivity index (χ2n) is 7.11. The van der Waals surface area contributed by atoms with Crippen molar-refractivity contribution in [1.29, 1.82) is 0 Å². The van der Waals surface area contributed by atoms with Crippen molar-refractivity contribution in [2.24, 2.45) is 11.3 Å². The average molecular weight is 262 g/mol. The Hall–Kier alpha value is -0.260. The van der Waals surface area contributed by atoms with Crippen LogP contribution in [0.2, 0.25) is 0 Å². The van der Waals surface area contributed by atoms with Crippen molar-refractivity contribution >= 4 is 0 Å². The molecule has 2 fully saturated rings. The maximum Gasteiger partial charge on any atom is -0.00625 e. The van der Waals surface area contributed by atoms with Crippen LogP contribution in [0.1, 0.15) is 96.8 Å². The van der Waals surface area contributed by atoms with Gasteiger partial charge >= 0.3 is 0 Å². The van der Waals surface area contributed by atoms with E-state index in [0.29, 0.717) is 5.41 Å². The van der Waals surface area contributed by atoms with Gasteiger partial charge in [0.15, 0.2) is 0 Å².